The summed E-state index contributed by atoms with van der Waals surface area (Å²) in [6, 6.07) is 20.9. The third-order valence-electron chi connectivity index (χ3n) is 8.41. The van der Waals surface area contributed by atoms with Crippen LogP contribution in [0, 0.1) is 0 Å². The molecule has 6 N–H and O–H groups in total. The molecular formula is C40H31N3O10. The molecule has 13 heteroatoms. The van der Waals surface area contributed by atoms with E-state index in [1.807, 2.05) is 0 Å². The van der Waals surface area contributed by atoms with E-state index < -0.39 is 29.5 Å². The van der Waals surface area contributed by atoms with Gasteiger partial charge < -0.3 is 31.3 Å². The van der Waals surface area contributed by atoms with Crippen LogP contribution in [0.15, 0.2) is 115 Å². The Balaban J connectivity index is 0.000000211. The van der Waals surface area contributed by atoms with E-state index in [4.69, 9.17) is 15.3 Å². The van der Waals surface area contributed by atoms with Crippen molar-refractivity contribution in [3.05, 3.63) is 160 Å². The molecule has 266 valence electrons. The van der Waals surface area contributed by atoms with Gasteiger partial charge in [-0.1, -0.05) is 80.4 Å². The Hall–Kier alpha value is -7.41. The second-order valence-corrected chi connectivity index (χ2v) is 11.8. The van der Waals surface area contributed by atoms with Crippen molar-refractivity contribution in [2.24, 2.45) is 0 Å². The highest BCUT2D eigenvalue weighted by Crippen LogP contribution is 2.36. The molecule has 0 heterocycles. The molecule has 0 radical (unpaired) electrons. The number of carboxylic acids is 3. The van der Waals surface area contributed by atoms with Crippen LogP contribution in [0.5, 0.6) is 0 Å². The lowest BCUT2D eigenvalue weighted by molar-refractivity contribution is -0.133. The van der Waals surface area contributed by atoms with Gasteiger partial charge >= 0.3 is 17.9 Å². The van der Waals surface area contributed by atoms with E-state index in [2.05, 4.69) is 35.7 Å². The van der Waals surface area contributed by atoms with Gasteiger partial charge in [0.25, 0.3) is 0 Å². The van der Waals surface area contributed by atoms with Crippen LogP contribution in [0.25, 0.3) is 0 Å². The highest BCUT2D eigenvalue weighted by molar-refractivity contribution is 6.32. The van der Waals surface area contributed by atoms with Crippen molar-refractivity contribution in [1.29, 1.82) is 0 Å². The van der Waals surface area contributed by atoms with Gasteiger partial charge in [-0.25, -0.2) is 14.4 Å². The summed E-state index contributed by atoms with van der Waals surface area (Å²) in [4.78, 5) is 84.4. The topological polar surface area (TPSA) is 216 Å². The molecule has 0 atom stereocenters. The molecule has 0 amide bonds. The molecule has 0 aliphatic heterocycles. The molecule has 2 aliphatic carbocycles. The van der Waals surface area contributed by atoms with Gasteiger partial charge in [-0.3, -0.25) is 19.2 Å². The van der Waals surface area contributed by atoms with Crippen molar-refractivity contribution >= 4 is 58.1 Å². The minimum absolute atomic E-state index is 0.0189. The zero-order valence-corrected chi connectivity index (χ0v) is 27.9. The molecule has 0 bridgehead atoms. The summed E-state index contributed by atoms with van der Waals surface area (Å²) in [5.74, 6) is -4.71. The van der Waals surface area contributed by atoms with Crippen molar-refractivity contribution in [3.63, 3.8) is 0 Å². The number of carbonyl (C=O) groups excluding carboxylic acids is 4. The number of nitrogens with one attached hydrogen (secondary N) is 3. The Morgan fingerprint density at radius 1 is 0.415 bits per heavy atom. The summed E-state index contributed by atoms with van der Waals surface area (Å²) in [7, 11) is 0. The lowest BCUT2D eigenvalue weighted by atomic mass is 9.82. The summed E-state index contributed by atoms with van der Waals surface area (Å²) in [6.45, 7) is 10.1. The number of benzene rings is 4. The fraction of sp³-hybridized carbons (Fsp3) is 0.0750. The monoisotopic (exact) mass is 713 g/mol. The van der Waals surface area contributed by atoms with E-state index in [9.17, 15) is 33.6 Å². The first kappa shape index (κ1) is 36.9. The maximum absolute atomic E-state index is 13.2. The van der Waals surface area contributed by atoms with Crippen LogP contribution in [-0.2, 0) is 14.4 Å². The third-order valence-corrected chi connectivity index (χ3v) is 8.41. The van der Waals surface area contributed by atoms with Crippen LogP contribution in [0.4, 0.5) is 17.1 Å². The molecule has 4 aromatic rings. The Bertz CT molecular complexity index is 2230. The van der Waals surface area contributed by atoms with Crippen LogP contribution in [0.1, 0.15) is 63.7 Å². The number of aliphatic carboxylic acids is 3. The van der Waals surface area contributed by atoms with E-state index >= 15 is 0 Å². The van der Waals surface area contributed by atoms with Gasteiger partial charge in [0.05, 0.1) is 16.7 Å². The summed E-state index contributed by atoms with van der Waals surface area (Å²) >= 11 is 0. The molecule has 0 fully saturated rings. The first-order chi connectivity index (χ1) is 25.2. The Morgan fingerprint density at radius 3 is 1.00 bits per heavy atom. The fourth-order valence-corrected chi connectivity index (χ4v) is 5.66. The second kappa shape index (κ2) is 15.2. The summed E-state index contributed by atoms with van der Waals surface area (Å²) in [5.41, 5.74) is 2.86. The summed E-state index contributed by atoms with van der Waals surface area (Å²) in [6.07, 6.45) is 0. The number of carbonyl (C=O) groups is 7. The average molecular weight is 714 g/mol. The Morgan fingerprint density at radius 2 is 0.679 bits per heavy atom. The van der Waals surface area contributed by atoms with Gasteiger partial charge in [0.2, 0.25) is 0 Å². The molecule has 0 unspecified atom stereocenters. The molecule has 4 aromatic carbocycles. The Labute approximate surface area is 302 Å². The first-order valence-corrected chi connectivity index (χ1v) is 15.8. The zero-order valence-electron chi connectivity index (χ0n) is 27.9. The predicted octanol–water partition coefficient (Wildman–Crippen LogP) is 5.08. The first-order valence-electron chi connectivity index (χ1n) is 15.8. The van der Waals surface area contributed by atoms with Crippen molar-refractivity contribution in [2.75, 3.05) is 35.6 Å². The van der Waals surface area contributed by atoms with E-state index in [1.165, 1.54) is 12.1 Å². The standard InChI is InChI=1S/C22H18N2O6.C18H13NO4/c1-11(21(27)28)9-23-15-7-3-5-13-17(15)19(25)14-6-4-8-16(18(14)20(13)26)24-10-12(2)22(29)30;1-10(18(22)23)9-19-14-8-4-7-13-15(14)17(21)12-6-3-2-5-11(12)16(13)20/h3-8,23-24H,1-2,9-10H2,(H,27,28)(H,29,30);2-8,19H,1,9H2,(H,22,23). The molecule has 0 saturated carbocycles. The van der Waals surface area contributed by atoms with Crippen molar-refractivity contribution in [2.45, 2.75) is 0 Å². The SMILES string of the molecule is C=C(CNc1cccc2c1C(=O)c1cccc(NCC(=C)C(=O)O)c1C2=O)C(=O)O.C=C(CNc1cccc2c1C(=O)c1ccccc1C2=O)C(=O)O. The lowest BCUT2D eigenvalue weighted by Gasteiger charge is -2.23. The average Bonchev–Trinajstić information content (AvgIpc) is 3.15. The van der Waals surface area contributed by atoms with Crippen molar-refractivity contribution in [3.8, 4) is 0 Å². The minimum atomic E-state index is -1.17. The normalized spacial score (nSPS) is 12.1. The molecule has 2 aliphatic rings. The van der Waals surface area contributed by atoms with Crippen molar-refractivity contribution in [1.82, 2.24) is 0 Å². The third kappa shape index (κ3) is 7.39. The highest BCUT2D eigenvalue weighted by atomic mass is 16.4. The highest BCUT2D eigenvalue weighted by Gasteiger charge is 2.34. The molecule has 13 nitrogen and oxygen atoms in total. The molecule has 0 spiro atoms. The van der Waals surface area contributed by atoms with Gasteiger partial charge in [0.15, 0.2) is 23.1 Å². The number of hydrogen-bond donors (Lipinski definition) is 6. The van der Waals surface area contributed by atoms with Crippen molar-refractivity contribution < 1.29 is 48.9 Å². The molecule has 0 aromatic heterocycles. The smallest absolute Gasteiger partial charge is 0.332 e. The summed E-state index contributed by atoms with van der Waals surface area (Å²) in [5, 5.41) is 35.4. The van der Waals surface area contributed by atoms with Crippen LogP contribution < -0.4 is 16.0 Å². The van der Waals surface area contributed by atoms with Gasteiger partial charge in [0, 0.05) is 81.2 Å². The van der Waals surface area contributed by atoms with Crippen LogP contribution in [0.2, 0.25) is 0 Å². The molecule has 53 heavy (non-hydrogen) atoms. The lowest BCUT2D eigenvalue weighted by Crippen LogP contribution is -2.25. The maximum Gasteiger partial charge on any atom is 0.332 e. The quantitative estimate of drug-likeness (QED) is 0.0914. The largest absolute Gasteiger partial charge is 0.478 e. The number of ketones is 4. The van der Waals surface area contributed by atoms with E-state index in [0.717, 1.165) is 0 Å². The van der Waals surface area contributed by atoms with Gasteiger partial charge in [0.1, 0.15) is 0 Å². The Kier molecular flexibility index (Phi) is 10.6. The summed E-state index contributed by atoms with van der Waals surface area (Å²) < 4.78 is 0. The van der Waals surface area contributed by atoms with Crippen LogP contribution >= 0.6 is 0 Å². The number of rotatable bonds is 12. The van der Waals surface area contributed by atoms with E-state index in [-0.39, 0.29) is 75.7 Å². The minimum Gasteiger partial charge on any atom is -0.478 e. The molecule has 6 rings (SSSR count). The predicted molar refractivity (Wildman–Crippen MR) is 195 cm³/mol. The van der Waals surface area contributed by atoms with E-state index in [0.29, 0.717) is 33.8 Å². The van der Waals surface area contributed by atoms with Gasteiger partial charge in [-0.05, 0) is 18.2 Å². The second-order valence-electron chi connectivity index (χ2n) is 11.8. The molecular weight excluding hydrogens is 682 g/mol. The zero-order chi connectivity index (χ0) is 38.6. The number of anilines is 3. The molecule has 0 saturated heterocycles. The van der Waals surface area contributed by atoms with Gasteiger partial charge in [-0.2, -0.15) is 0 Å². The number of carboxylic acid groups (broad SMARTS) is 3. The number of hydrogen-bond acceptors (Lipinski definition) is 10. The maximum atomic E-state index is 13.2. The van der Waals surface area contributed by atoms with Gasteiger partial charge in [-0.15, -0.1) is 0 Å². The fourth-order valence-electron chi connectivity index (χ4n) is 5.66. The van der Waals surface area contributed by atoms with Crippen LogP contribution in [-0.4, -0.2) is 76.0 Å². The number of fused-ring (bicyclic) bond motifs is 4. The van der Waals surface area contributed by atoms with E-state index in [1.54, 1.807) is 66.7 Å². The van der Waals surface area contributed by atoms with Crippen LogP contribution in [0.3, 0.4) is 0 Å².